The maximum atomic E-state index is 13.2. The summed E-state index contributed by atoms with van der Waals surface area (Å²) in [6.07, 6.45) is 1.66. The second-order valence-corrected chi connectivity index (χ2v) is 10.3. The van der Waals surface area contributed by atoms with E-state index in [0.29, 0.717) is 41.3 Å². The molecule has 194 valence electrons. The number of imidazole rings is 1. The molecule has 9 nitrogen and oxygen atoms in total. The van der Waals surface area contributed by atoms with E-state index in [1.165, 1.54) is 0 Å². The molecule has 0 saturated heterocycles. The highest BCUT2D eigenvalue weighted by atomic mass is 35.5. The summed E-state index contributed by atoms with van der Waals surface area (Å²) in [6, 6.07) is 11.5. The van der Waals surface area contributed by atoms with Crippen LogP contribution in [0.3, 0.4) is 0 Å². The highest BCUT2D eigenvalue weighted by Gasteiger charge is 2.27. The van der Waals surface area contributed by atoms with Crippen molar-refractivity contribution in [3.8, 4) is 22.6 Å². The lowest BCUT2D eigenvalue weighted by Crippen LogP contribution is -2.27. The number of hydrogen-bond acceptors (Lipinski definition) is 6. The van der Waals surface area contributed by atoms with E-state index in [9.17, 15) is 9.59 Å². The van der Waals surface area contributed by atoms with E-state index in [-0.39, 0.29) is 5.91 Å². The molecule has 0 bridgehead atoms. The van der Waals surface area contributed by atoms with Crippen LogP contribution in [-0.4, -0.2) is 50.2 Å². The number of hydrogen-bond donors (Lipinski definition) is 1. The first-order valence-electron chi connectivity index (χ1n) is 12.4. The van der Waals surface area contributed by atoms with Gasteiger partial charge in [-0.05, 0) is 37.2 Å². The van der Waals surface area contributed by atoms with Crippen LogP contribution < -0.4 is 5.32 Å². The summed E-state index contributed by atoms with van der Waals surface area (Å²) < 4.78 is 7.89. The Morgan fingerprint density at radius 1 is 1.03 bits per heavy atom. The Labute approximate surface area is 225 Å². The molecule has 38 heavy (non-hydrogen) atoms. The number of carbonyl (C=O) groups excluding carboxylic acids is 2. The zero-order chi connectivity index (χ0) is 26.6. The van der Waals surface area contributed by atoms with E-state index < -0.39 is 0 Å². The van der Waals surface area contributed by atoms with Crippen LogP contribution in [0.4, 0.5) is 5.69 Å². The number of carbonyl (C=O) groups is 2. The number of nitrogens with one attached hydrogen (secondary N) is 1. The van der Waals surface area contributed by atoms with Crippen LogP contribution >= 0.6 is 11.6 Å². The zero-order valence-electron chi connectivity index (χ0n) is 21.4. The van der Waals surface area contributed by atoms with E-state index in [4.69, 9.17) is 16.0 Å². The van der Waals surface area contributed by atoms with Crippen LogP contribution in [0.5, 0.6) is 0 Å². The van der Waals surface area contributed by atoms with Crippen molar-refractivity contribution < 1.29 is 14.0 Å². The molecular weight excluding hydrogens is 504 g/mol. The van der Waals surface area contributed by atoms with Crippen molar-refractivity contribution in [3.63, 3.8) is 0 Å². The molecule has 2 aliphatic rings. The van der Waals surface area contributed by atoms with E-state index in [1.807, 2.05) is 48.9 Å². The number of anilines is 1. The van der Waals surface area contributed by atoms with Gasteiger partial charge in [0, 0.05) is 43.4 Å². The van der Waals surface area contributed by atoms with Gasteiger partial charge in [0.1, 0.15) is 11.5 Å². The molecule has 6 rings (SSSR count). The van der Waals surface area contributed by atoms with Crippen molar-refractivity contribution in [2.45, 2.75) is 33.0 Å². The smallest absolute Gasteiger partial charge is 0.291 e. The first-order valence-corrected chi connectivity index (χ1v) is 12.8. The fraction of sp³-hybridized carbons (Fsp3) is 0.286. The third kappa shape index (κ3) is 4.08. The third-order valence-electron chi connectivity index (χ3n) is 7.38. The van der Waals surface area contributed by atoms with Gasteiger partial charge in [0.2, 0.25) is 12.3 Å². The molecule has 0 radical (unpaired) electrons. The molecule has 1 N–H and O–H groups in total. The molecule has 2 aromatic carbocycles. The van der Waals surface area contributed by atoms with Crippen molar-refractivity contribution in [2.24, 2.45) is 7.05 Å². The number of oxazole rings is 1. The van der Waals surface area contributed by atoms with Gasteiger partial charge in [-0.3, -0.25) is 9.59 Å². The molecule has 0 saturated carbocycles. The van der Waals surface area contributed by atoms with Crippen LogP contribution in [0.15, 0.2) is 40.8 Å². The fourth-order valence-electron chi connectivity index (χ4n) is 5.29. The van der Waals surface area contributed by atoms with Gasteiger partial charge in [-0.2, -0.15) is 0 Å². The van der Waals surface area contributed by atoms with Gasteiger partial charge in [-0.1, -0.05) is 35.9 Å². The molecule has 4 heterocycles. The second kappa shape index (κ2) is 9.41. The molecule has 0 atom stereocenters. The predicted molar refractivity (Wildman–Crippen MR) is 144 cm³/mol. The SMILES string of the molecule is Cc1c(-c2nc3c(o2)CN(C=O)C3)cccc1-c1cccc(NC(=O)c2nc3c(n2C)CCN(C)C3)c1Cl. The van der Waals surface area contributed by atoms with Crippen LogP contribution in [0.25, 0.3) is 22.6 Å². The molecule has 0 aliphatic carbocycles. The number of likely N-dealkylation sites (N-methyl/N-ethyl adjacent to an activating group) is 1. The van der Waals surface area contributed by atoms with E-state index in [1.54, 1.807) is 11.0 Å². The Kier molecular flexibility index (Phi) is 6.04. The van der Waals surface area contributed by atoms with Crippen LogP contribution in [0, 0.1) is 6.92 Å². The second-order valence-electron chi connectivity index (χ2n) is 9.87. The minimum atomic E-state index is -0.298. The van der Waals surface area contributed by atoms with Crippen LogP contribution in [0.1, 0.15) is 39.0 Å². The first kappa shape index (κ1) is 24.4. The Balaban J connectivity index is 1.30. The topological polar surface area (TPSA) is 96.5 Å². The number of benzene rings is 2. The quantitative estimate of drug-likeness (QED) is 0.384. The summed E-state index contributed by atoms with van der Waals surface area (Å²) in [7, 11) is 3.93. The Bertz CT molecular complexity index is 1570. The summed E-state index contributed by atoms with van der Waals surface area (Å²) in [6.45, 7) is 4.53. The number of fused-ring (bicyclic) bond motifs is 2. The van der Waals surface area contributed by atoms with E-state index in [0.717, 1.165) is 65.3 Å². The van der Waals surface area contributed by atoms with Crippen LogP contribution in [0.2, 0.25) is 5.02 Å². The Morgan fingerprint density at radius 3 is 2.58 bits per heavy atom. The minimum Gasteiger partial charge on any atom is -0.439 e. The van der Waals surface area contributed by atoms with Gasteiger partial charge >= 0.3 is 0 Å². The minimum absolute atomic E-state index is 0.298. The summed E-state index contributed by atoms with van der Waals surface area (Å²) in [4.78, 5) is 37.4. The molecular formula is C28H27ClN6O3. The maximum Gasteiger partial charge on any atom is 0.291 e. The van der Waals surface area contributed by atoms with Gasteiger partial charge in [0.25, 0.3) is 5.91 Å². The number of amides is 2. The van der Waals surface area contributed by atoms with Crippen molar-refractivity contribution in [3.05, 3.63) is 75.7 Å². The largest absolute Gasteiger partial charge is 0.439 e. The average Bonchev–Trinajstić information content (AvgIpc) is 3.57. The van der Waals surface area contributed by atoms with Crippen LogP contribution in [-0.2, 0) is 37.9 Å². The lowest BCUT2D eigenvalue weighted by atomic mass is 9.96. The maximum absolute atomic E-state index is 13.2. The summed E-state index contributed by atoms with van der Waals surface area (Å²) >= 11 is 6.87. The van der Waals surface area contributed by atoms with Gasteiger partial charge < -0.3 is 24.1 Å². The van der Waals surface area contributed by atoms with E-state index in [2.05, 4.69) is 27.2 Å². The van der Waals surface area contributed by atoms with Crippen molar-refractivity contribution >= 4 is 29.6 Å². The molecule has 0 spiro atoms. The Morgan fingerprint density at radius 2 is 1.79 bits per heavy atom. The van der Waals surface area contributed by atoms with Crippen molar-refractivity contribution in [1.29, 1.82) is 0 Å². The fourth-order valence-corrected chi connectivity index (χ4v) is 5.56. The molecule has 10 heteroatoms. The van der Waals surface area contributed by atoms with Gasteiger partial charge in [0.05, 0.1) is 29.5 Å². The molecule has 0 fully saturated rings. The van der Waals surface area contributed by atoms with E-state index >= 15 is 0 Å². The average molecular weight is 531 g/mol. The molecule has 2 amide bonds. The van der Waals surface area contributed by atoms with Gasteiger partial charge in [-0.15, -0.1) is 0 Å². The normalized spacial score (nSPS) is 14.9. The zero-order valence-corrected chi connectivity index (χ0v) is 22.2. The van der Waals surface area contributed by atoms with Gasteiger partial charge in [0.15, 0.2) is 5.82 Å². The number of rotatable bonds is 5. The molecule has 4 aromatic rings. The van der Waals surface area contributed by atoms with Crippen molar-refractivity contribution in [2.75, 3.05) is 18.9 Å². The third-order valence-corrected chi connectivity index (χ3v) is 7.79. The monoisotopic (exact) mass is 530 g/mol. The standard InChI is InChI=1S/C28H27ClN6O3/c1-16-17(6-4-7-18(16)28-32-22-13-35(15-36)14-24(22)38-28)19-8-5-9-20(25(19)29)31-27(37)26-30-21-12-33(2)11-10-23(21)34(26)3/h4-9,15H,10-14H2,1-3H3,(H,31,37). The number of aromatic nitrogens is 3. The predicted octanol–water partition coefficient (Wildman–Crippen LogP) is 4.42. The number of nitrogens with zero attached hydrogens (tertiary/aromatic N) is 5. The van der Waals surface area contributed by atoms with Gasteiger partial charge in [-0.25, -0.2) is 9.97 Å². The first-order chi connectivity index (χ1) is 18.3. The highest BCUT2D eigenvalue weighted by molar-refractivity contribution is 6.36. The lowest BCUT2D eigenvalue weighted by molar-refractivity contribution is -0.118. The number of halogens is 1. The van der Waals surface area contributed by atoms with Crippen molar-refractivity contribution in [1.82, 2.24) is 24.3 Å². The lowest BCUT2D eigenvalue weighted by Gasteiger charge is -2.21. The molecule has 2 aromatic heterocycles. The summed E-state index contributed by atoms with van der Waals surface area (Å²) in [5, 5.41) is 3.41. The summed E-state index contributed by atoms with van der Waals surface area (Å²) in [5.74, 6) is 1.30. The summed E-state index contributed by atoms with van der Waals surface area (Å²) in [5.41, 5.74) is 6.83. The molecule has 2 aliphatic heterocycles. The Hall–Kier alpha value is -3.95. The molecule has 0 unspecified atom stereocenters. The highest BCUT2D eigenvalue weighted by Crippen LogP contribution is 2.39.